The van der Waals surface area contributed by atoms with Gasteiger partial charge in [-0.05, 0) is 57.7 Å². The summed E-state index contributed by atoms with van der Waals surface area (Å²) in [6, 6.07) is 9.88. The first kappa shape index (κ1) is 17.9. The lowest BCUT2D eigenvalue weighted by Gasteiger charge is -2.28. The fourth-order valence-corrected chi connectivity index (χ4v) is 4.09. The van der Waals surface area contributed by atoms with Gasteiger partial charge < -0.3 is 18.9 Å². The van der Waals surface area contributed by atoms with Gasteiger partial charge in [-0.3, -0.25) is 4.79 Å². The highest BCUT2D eigenvalue weighted by atomic mass is 16.8. The van der Waals surface area contributed by atoms with E-state index in [1.165, 1.54) is 0 Å². The molecule has 5 heteroatoms. The van der Waals surface area contributed by atoms with Gasteiger partial charge in [0.05, 0.1) is 6.10 Å². The summed E-state index contributed by atoms with van der Waals surface area (Å²) in [4.78, 5) is 13.3. The van der Waals surface area contributed by atoms with Gasteiger partial charge in [0.15, 0.2) is 23.5 Å². The quantitative estimate of drug-likeness (QED) is 0.720. The van der Waals surface area contributed by atoms with Gasteiger partial charge in [0.2, 0.25) is 0 Å². The summed E-state index contributed by atoms with van der Waals surface area (Å²) in [7, 11) is 0. The standard InChI is InChI=1S/C21H26O5/c1-20(2)23-15-11-10-14(12-13-8-6-5-7-9-13)16(22)18-19(17(15)24-20)26-21(3,4)25-18/h5-9,12,15,17-19H,10-11H2,1-4H3/b14-12+/t15-,17-,18+,19+/m1/s1. The van der Waals surface area contributed by atoms with Gasteiger partial charge in [0.25, 0.3) is 0 Å². The van der Waals surface area contributed by atoms with E-state index >= 15 is 0 Å². The summed E-state index contributed by atoms with van der Waals surface area (Å²) in [5.74, 6) is -1.53. The van der Waals surface area contributed by atoms with Crippen molar-refractivity contribution in [2.75, 3.05) is 0 Å². The molecule has 3 fully saturated rings. The van der Waals surface area contributed by atoms with Crippen molar-refractivity contribution in [3.05, 3.63) is 41.5 Å². The van der Waals surface area contributed by atoms with E-state index in [4.69, 9.17) is 18.9 Å². The monoisotopic (exact) mass is 358 g/mol. The summed E-state index contributed by atoms with van der Waals surface area (Å²) >= 11 is 0. The number of carbonyl (C=O) groups is 1. The Kier molecular flexibility index (Phi) is 4.31. The maximum absolute atomic E-state index is 13.3. The highest BCUT2D eigenvalue weighted by Crippen LogP contribution is 2.42. The number of benzene rings is 1. The summed E-state index contributed by atoms with van der Waals surface area (Å²) in [5, 5.41) is 0. The first-order chi connectivity index (χ1) is 12.2. The Morgan fingerprint density at radius 1 is 0.923 bits per heavy atom. The number of hydrogen-bond acceptors (Lipinski definition) is 5. The van der Waals surface area contributed by atoms with Crippen LogP contribution < -0.4 is 0 Å². The van der Waals surface area contributed by atoms with E-state index in [1.54, 1.807) is 0 Å². The zero-order chi connectivity index (χ0) is 18.5. The first-order valence-electron chi connectivity index (χ1n) is 9.25. The SMILES string of the molecule is CC1(C)O[C@H]2[C@@H]3OC(C)(C)O[C@H]3C(=O)/C(=C/c3ccccc3)CC[C@H]2O1. The van der Waals surface area contributed by atoms with Crippen LogP contribution in [0.25, 0.3) is 6.08 Å². The van der Waals surface area contributed by atoms with Gasteiger partial charge in [-0.15, -0.1) is 0 Å². The van der Waals surface area contributed by atoms with Gasteiger partial charge in [0.1, 0.15) is 12.2 Å². The molecule has 3 aliphatic rings. The summed E-state index contributed by atoms with van der Waals surface area (Å²) in [5.41, 5.74) is 1.76. The molecule has 2 heterocycles. The van der Waals surface area contributed by atoms with E-state index < -0.39 is 23.8 Å². The smallest absolute Gasteiger partial charge is 0.190 e. The Bertz CT molecular complexity index is 721. The molecular formula is C21H26O5. The van der Waals surface area contributed by atoms with Crippen molar-refractivity contribution in [2.24, 2.45) is 0 Å². The Hall–Kier alpha value is -1.53. The predicted molar refractivity (Wildman–Crippen MR) is 96.3 cm³/mol. The Balaban J connectivity index is 1.70. The van der Waals surface area contributed by atoms with E-state index in [0.29, 0.717) is 12.8 Å². The average Bonchev–Trinajstić information content (AvgIpc) is 3.06. The highest BCUT2D eigenvalue weighted by Gasteiger charge is 2.56. The molecule has 0 spiro atoms. The van der Waals surface area contributed by atoms with Crippen molar-refractivity contribution in [2.45, 2.75) is 76.5 Å². The van der Waals surface area contributed by atoms with E-state index in [2.05, 4.69) is 0 Å². The van der Waals surface area contributed by atoms with Crippen LogP contribution in [-0.2, 0) is 23.7 Å². The zero-order valence-corrected chi connectivity index (χ0v) is 15.7. The lowest BCUT2D eigenvalue weighted by molar-refractivity contribution is -0.175. The fraction of sp³-hybridized carbons (Fsp3) is 0.571. The van der Waals surface area contributed by atoms with E-state index in [-0.39, 0.29) is 18.0 Å². The fourth-order valence-electron chi connectivity index (χ4n) is 4.09. The molecule has 26 heavy (non-hydrogen) atoms. The van der Waals surface area contributed by atoms with Crippen LogP contribution in [0.3, 0.4) is 0 Å². The number of carbonyl (C=O) groups excluding carboxylic acids is 1. The minimum Gasteiger partial charge on any atom is -0.344 e. The molecule has 1 aromatic rings. The van der Waals surface area contributed by atoms with Crippen LogP contribution in [0.5, 0.6) is 0 Å². The van der Waals surface area contributed by atoms with Crippen LogP contribution in [0.15, 0.2) is 35.9 Å². The van der Waals surface area contributed by atoms with Gasteiger partial charge in [-0.25, -0.2) is 0 Å². The molecule has 5 nitrogen and oxygen atoms in total. The van der Waals surface area contributed by atoms with Crippen molar-refractivity contribution < 1.29 is 23.7 Å². The predicted octanol–water partition coefficient (Wildman–Crippen LogP) is 3.47. The second-order valence-electron chi connectivity index (χ2n) is 8.14. The largest absolute Gasteiger partial charge is 0.344 e. The molecule has 4 atom stereocenters. The van der Waals surface area contributed by atoms with Gasteiger partial charge in [0, 0.05) is 0 Å². The Morgan fingerprint density at radius 3 is 2.31 bits per heavy atom. The molecule has 0 aromatic heterocycles. The summed E-state index contributed by atoms with van der Waals surface area (Å²) in [6.07, 6.45) is 1.72. The second kappa shape index (κ2) is 6.27. The van der Waals surface area contributed by atoms with Crippen molar-refractivity contribution in [3.8, 4) is 0 Å². The molecule has 2 aliphatic heterocycles. The van der Waals surface area contributed by atoms with Crippen LogP contribution in [0.4, 0.5) is 0 Å². The average molecular weight is 358 g/mol. The molecule has 0 bridgehead atoms. The number of hydrogen-bond donors (Lipinski definition) is 0. The molecule has 2 saturated heterocycles. The normalized spacial score (nSPS) is 37.1. The summed E-state index contributed by atoms with van der Waals surface area (Å²) < 4.78 is 24.3. The minimum absolute atomic E-state index is 0.0174. The number of fused-ring (bicyclic) bond motifs is 3. The lowest BCUT2D eigenvalue weighted by Crippen LogP contribution is -2.47. The molecule has 140 valence electrons. The molecule has 0 amide bonds. The third-order valence-electron chi connectivity index (χ3n) is 5.09. The molecule has 1 aromatic carbocycles. The summed E-state index contributed by atoms with van der Waals surface area (Å²) in [6.45, 7) is 7.47. The minimum atomic E-state index is -0.826. The molecule has 0 unspecified atom stereocenters. The van der Waals surface area contributed by atoms with Crippen LogP contribution >= 0.6 is 0 Å². The van der Waals surface area contributed by atoms with Crippen molar-refractivity contribution in [1.82, 2.24) is 0 Å². The number of ketones is 1. The molecule has 0 radical (unpaired) electrons. The lowest BCUT2D eigenvalue weighted by atomic mass is 9.87. The maximum atomic E-state index is 13.3. The molecule has 4 rings (SSSR count). The zero-order valence-electron chi connectivity index (χ0n) is 15.7. The second-order valence-corrected chi connectivity index (χ2v) is 8.14. The van der Waals surface area contributed by atoms with Gasteiger partial charge in [-0.1, -0.05) is 30.3 Å². The maximum Gasteiger partial charge on any atom is 0.190 e. The van der Waals surface area contributed by atoms with E-state index in [9.17, 15) is 4.79 Å². The van der Waals surface area contributed by atoms with Gasteiger partial charge in [-0.2, -0.15) is 0 Å². The number of ether oxygens (including phenoxy) is 4. The molecule has 0 N–H and O–H groups in total. The topological polar surface area (TPSA) is 54.0 Å². The molecular weight excluding hydrogens is 332 g/mol. The van der Waals surface area contributed by atoms with E-state index in [1.807, 2.05) is 64.1 Å². The van der Waals surface area contributed by atoms with Crippen LogP contribution in [-0.4, -0.2) is 41.8 Å². The van der Waals surface area contributed by atoms with Crippen molar-refractivity contribution >= 4 is 11.9 Å². The molecule has 1 saturated carbocycles. The van der Waals surface area contributed by atoms with Crippen LogP contribution in [0.1, 0.15) is 46.1 Å². The third kappa shape index (κ3) is 3.37. The third-order valence-corrected chi connectivity index (χ3v) is 5.09. The highest BCUT2D eigenvalue weighted by molar-refractivity contribution is 6.03. The van der Waals surface area contributed by atoms with Crippen molar-refractivity contribution in [3.63, 3.8) is 0 Å². The van der Waals surface area contributed by atoms with Crippen LogP contribution in [0.2, 0.25) is 0 Å². The van der Waals surface area contributed by atoms with Crippen LogP contribution in [0, 0.1) is 0 Å². The Morgan fingerprint density at radius 2 is 1.58 bits per heavy atom. The van der Waals surface area contributed by atoms with E-state index in [0.717, 1.165) is 11.1 Å². The Labute approximate surface area is 154 Å². The van der Waals surface area contributed by atoms with Gasteiger partial charge >= 0.3 is 0 Å². The number of rotatable bonds is 1. The molecule has 1 aliphatic carbocycles. The van der Waals surface area contributed by atoms with Crippen molar-refractivity contribution in [1.29, 1.82) is 0 Å². The first-order valence-corrected chi connectivity index (χ1v) is 9.25. The number of Topliss-reactive ketones (excluding diaryl/α,β-unsaturated/α-hetero) is 1.